The van der Waals surface area contributed by atoms with Crippen molar-refractivity contribution in [1.82, 2.24) is 0 Å². The maximum Gasteiger partial charge on any atom is 0.0641 e. The van der Waals surface area contributed by atoms with Crippen LogP contribution in [-0.2, 0) is 11.2 Å². The average molecular weight is 250 g/mol. The van der Waals surface area contributed by atoms with Crippen molar-refractivity contribution in [3.8, 4) is 0 Å². The number of nitrogens with zero attached hydrogens (tertiary/aromatic N) is 1. The van der Waals surface area contributed by atoms with Crippen LogP contribution in [0.1, 0.15) is 25.0 Å². The Morgan fingerprint density at radius 2 is 2.11 bits per heavy atom. The summed E-state index contributed by atoms with van der Waals surface area (Å²) in [5.41, 5.74) is 9.79. The fraction of sp³-hybridized carbons (Fsp3) is 0.600. The van der Waals surface area contributed by atoms with E-state index in [1.54, 1.807) is 0 Å². The first kappa shape index (κ1) is 15.0. The van der Waals surface area contributed by atoms with Gasteiger partial charge in [0.1, 0.15) is 0 Å². The lowest BCUT2D eigenvalue weighted by molar-refractivity contribution is 0.154. The van der Waals surface area contributed by atoms with Crippen molar-refractivity contribution in [2.45, 2.75) is 33.2 Å². The molecule has 1 unspecified atom stereocenters. The van der Waals surface area contributed by atoms with Gasteiger partial charge in [0.25, 0.3) is 0 Å². The van der Waals surface area contributed by atoms with Crippen molar-refractivity contribution in [3.05, 3.63) is 29.3 Å². The van der Waals surface area contributed by atoms with Gasteiger partial charge in [0.2, 0.25) is 0 Å². The molecule has 0 aliphatic rings. The van der Waals surface area contributed by atoms with Gasteiger partial charge in [-0.05, 0) is 38.8 Å². The second-order valence-corrected chi connectivity index (χ2v) is 4.93. The standard InChI is InChI=1S/C15H26N2O/c1-5-18-9-8-17(4)15-7-6-12(2)10-14(15)11-13(3)16/h6-7,10,13H,5,8-9,11,16H2,1-4H3. The second-order valence-electron chi connectivity index (χ2n) is 4.93. The molecule has 0 aliphatic carbocycles. The lowest BCUT2D eigenvalue weighted by atomic mass is 10.0. The molecule has 3 nitrogen and oxygen atoms in total. The minimum atomic E-state index is 0.186. The molecule has 0 fully saturated rings. The number of hydrogen-bond acceptors (Lipinski definition) is 3. The Balaban J connectivity index is 2.78. The number of benzene rings is 1. The normalized spacial score (nSPS) is 12.5. The van der Waals surface area contributed by atoms with Crippen LogP contribution in [0.2, 0.25) is 0 Å². The van der Waals surface area contributed by atoms with Crippen LogP contribution < -0.4 is 10.6 Å². The van der Waals surface area contributed by atoms with Crippen LogP contribution in [0.5, 0.6) is 0 Å². The maximum absolute atomic E-state index is 5.92. The van der Waals surface area contributed by atoms with E-state index in [1.165, 1.54) is 16.8 Å². The Morgan fingerprint density at radius 1 is 1.39 bits per heavy atom. The minimum Gasteiger partial charge on any atom is -0.380 e. The van der Waals surface area contributed by atoms with Crippen molar-refractivity contribution in [2.24, 2.45) is 5.73 Å². The lowest BCUT2D eigenvalue weighted by Gasteiger charge is -2.23. The summed E-state index contributed by atoms with van der Waals surface area (Å²) in [5, 5.41) is 0. The van der Waals surface area contributed by atoms with Crippen molar-refractivity contribution < 1.29 is 4.74 Å². The third-order valence-corrected chi connectivity index (χ3v) is 2.96. The zero-order valence-corrected chi connectivity index (χ0v) is 12.1. The zero-order chi connectivity index (χ0) is 13.5. The van der Waals surface area contributed by atoms with E-state index in [4.69, 9.17) is 10.5 Å². The highest BCUT2D eigenvalue weighted by Gasteiger charge is 2.09. The van der Waals surface area contributed by atoms with Gasteiger partial charge in [-0.25, -0.2) is 0 Å². The summed E-state index contributed by atoms with van der Waals surface area (Å²) in [4.78, 5) is 2.24. The summed E-state index contributed by atoms with van der Waals surface area (Å²) in [7, 11) is 2.11. The van der Waals surface area contributed by atoms with Gasteiger partial charge < -0.3 is 15.4 Å². The predicted octanol–water partition coefficient (Wildman–Crippen LogP) is 2.36. The van der Waals surface area contributed by atoms with Crippen LogP contribution in [0.15, 0.2) is 18.2 Å². The highest BCUT2D eigenvalue weighted by molar-refractivity contribution is 5.54. The molecular weight excluding hydrogens is 224 g/mol. The van der Waals surface area contributed by atoms with Crippen molar-refractivity contribution >= 4 is 5.69 Å². The van der Waals surface area contributed by atoms with Crippen molar-refractivity contribution in [1.29, 1.82) is 0 Å². The third-order valence-electron chi connectivity index (χ3n) is 2.96. The minimum absolute atomic E-state index is 0.186. The largest absolute Gasteiger partial charge is 0.380 e. The quantitative estimate of drug-likeness (QED) is 0.755. The number of nitrogens with two attached hydrogens (primary N) is 1. The molecule has 102 valence electrons. The van der Waals surface area contributed by atoms with E-state index < -0.39 is 0 Å². The molecule has 0 aliphatic heterocycles. The number of likely N-dealkylation sites (N-methyl/N-ethyl adjacent to an activating group) is 1. The fourth-order valence-corrected chi connectivity index (χ4v) is 2.06. The molecule has 0 aromatic heterocycles. The molecule has 0 amide bonds. The Bertz CT molecular complexity index is 364. The first-order valence-electron chi connectivity index (χ1n) is 6.68. The molecule has 1 aromatic carbocycles. The van der Waals surface area contributed by atoms with Gasteiger partial charge in [-0.3, -0.25) is 0 Å². The molecule has 3 heteroatoms. The molecule has 1 aromatic rings. The van der Waals surface area contributed by atoms with E-state index in [9.17, 15) is 0 Å². The lowest BCUT2D eigenvalue weighted by Crippen LogP contribution is -2.25. The van der Waals surface area contributed by atoms with Gasteiger partial charge >= 0.3 is 0 Å². The SMILES string of the molecule is CCOCCN(C)c1ccc(C)cc1CC(C)N. The molecule has 0 radical (unpaired) electrons. The molecule has 0 heterocycles. The first-order valence-corrected chi connectivity index (χ1v) is 6.68. The molecule has 0 bridgehead atoms. The highest BCUT2D eigenvalue weighted by Crippen LogP contribution is 2.22. The van der Waals surface area contributed by atoms with Crippen LogP contribution in [0.4, 0.5) is 5.69 Å². The Morgan fingerprint density at radius 3 is 2.72 bits per heavy atom. The fourth-order valence-electron chi connectivity index (χ4n) is 2.06. The Labute approximate surface area is 111 Å². The summed E-state index contributed by atoms with van der Waals surface area (Å²) in [6, 6.07) is 6.75. The van der Waals surface area contributed by atoms with Gasteiger partial charge in [0.05, 0.1) is 6.61 Å². The summed E-state index contributed by atoms with van der Waals surface area (Å²) >= 11 is 0. The molecule has 1 atom stereocenters. The third kappa shape index (κ3) is 4.67. The van der Waals surface area contributed by atoms with Gasteiger partial charge in [-0.15, -0.1) is 0 Å². The number of anilines is 1. The molecule has 0 saturated carbocycles. The molecular formula is C15H26N2O. The zero-order valence-electron chi connectivity index (χ0n) is 12.1. The summed E-state index contributed by atoms with van der Waals surface area (Å²) in [5.74, 6) is 0. The van der Waals surface area contributed by atoms with Crippen LogP contribution in [0.25, 0.3) is 0 Å². The first-order chi connectivity index (χ1) is 8.54. The van der Waals surface area contributed by atoms with E-state index in [0.717, 1.165) is 26.2 Å². The number of aryl methyl sites for hydroxylation is 1. The number of ether oxygens (including phenoxy) is 1. The van der Waals surface area contributed by atoms with E-state index in [-0.39, 0.29) is 6.04 Å². The van der Waals surface area contributed by atoms with Gasteiger partial charge in [0, 0.05) is 31.9 Å². The molecule has 1 rings (SSSR count). The Kier molecular flexibility index (Phi) is 6.16. The number of rotatable bonds is 7. The van der Waals surface area contributed by atoms with Gasteiger partial charge in [-0.1, -0.05) is 17.7 Å². The Hall–Kier alpha value is -1.06. The summed E-state index contributed by atoms with van der Waals surface area (Å²) in [6.07, 6.45) is 0.913. The van der Waals surface area contributed by atoms with Crippen molar-refractivity contribution in [3.63, 3.8) is 0 Å². The van der Waals surface area contributed by atoms with Crippen molar-refractivity contribution in [2.75, 3.05) is 31.7 Å². The van der Waals surface area contributed by atoms with E-state index in [0.29, 0.717) is 0 Å². The maximum atomic E-state index is 5.92. The highest BCUT2D eigenvalue weighted by atomic mass is 16.5. The van der Waals surface area contributed by atoms with Crippen LogP contribution in [0, 0.1) is 6.92 Å². The summed E-state index contributed by atoms with van der Waals surface area (Å²) < 4.78 is 5.40. The van der Waals surface area contributed by atoms with E-state index in [1.807, 2.05) is 13.8 Å². The average Bonchev–Trinajstić information content (AvgIpc) is 2.28. The number of hydrogen-bond donors (Lipinski definition) is 1. The smallest absolute Gasteiger partial charge is 0.0641 e. The summed E-state index contributed by atoms with van der Waals surface area (Å²) in [6.45, 7) is 8.63. The predicted molar refractivity (Wildman–Crippen MR) is 78.3 cm³/mol. The molecule has 0 spiro atoms. The van der Waals surface area contributed by atoms with E-state index >= 15 is 0 Å². The van der Waals surface area contributed by atoms with Gasteiger partial charge in [-0.2, -0.15) is 0 Å². The van der Waals surface area contributed by atoms with Gasteiger partial charge in [0.15, 0.2) is 0 Å². The molecule has 0 saturated heterocycles. The molecule has 18 heavy (non-hydrogen) atoms. The second kappa shape index (κ2) is 7.39. The van der Waals surface area contributed by atoms with Crippen LogP contribution >= 0.6 is 0 Å². The monoisotopic (exact) mass is 250 g/mol. The topological polar surface area (TPSA) is 38.5 Å². The van der Waals surface area contributed by atoms with E-state index in [2.05, 4.69) is 37.1 Å². The van der Waals surface area contributed by atoms with Crippen LogP contribution in [-0.4, -0.2) is 32.8 Å². The van der Waals surface area contributed by atoms with Crippen LogP contribution in [0.3, 0.4) is 0 Å². The molecule has 2 N–H and O–H groups in total.